The molecule has 0 aromatic heterocycles. The molecule has 0 bridgehead atoms. The topological polar surface area (TPSA) is 81.7 Å². The molecule has 1 N–H and O–H groups in total. The van der Waals surface area contributed by atoms with Crippen LogP contribution in [-0.2, 0) is 4.79 Å². The fourth-order valence-corrected chi connectivity index (χ4v) is 3.97. The van der Waals surface area contributed by atoms with E-state index < -0.39 is 5.91 Å². The van der Waals surface area contributed by atoms with E-state index in [0.717, 1.165) is 38.5 Å². The van der Waals surface area contributed by atoms with Crippen molar-refractivity contribution >= 4 is 34.8 Å². The number of unbranched alkanes of at least 4 members (excludes halogenated alkanes) is 4. The number of hydrogen-bond donors (Lipinski definition) is 1. The van der Waals surface area contributed by atoms with Gasteiger partial charge in [0.05, 0.1) is 24.3 Å². The van der Waals surface area contributed by atoms with Gasteiger partial charge >= 0.3 is 0 Å². The highest BCUT2D eigenvalue weighted by atomic mass is 35.5. The molecule has 0 fully saturated rings. The number of benzene rings is 2. The quantitative estimate of drug-likeness (QED) is 0.166. The molecule has 2 aromatic carbocycles. The second-order valence-corrected chi connectivity index (χ2v) is 8.45. The van der Waals surface area contributed by atoms with Gasteiger partial charge in [-0.2, -0.15) is 0 Å². The lowest BCUT2D eigenvalue weighted by Crippen LogP contribution is -2.24. The summed E-state index contributed by atoms with van der Waals surface area (Å²) in [7, 11) is 0. The van der Waals surface area contributed by atoms with Crippen LogP contribution in [0.25, 0.3) is 0 Å². The van der Waals surface area contributed by atoms with Crippen molar-refractivity contribution in [2.24, 2.45) is 0 Å². The predicted octanol–water partition coefficient (Wildman–Crippen LogP) is 6.11. The summed E-state index contributed by atoms with van der Waals surface area (Å²) in [6.07, 6.45) is 8.79. The van der Waals surface area contributed by atoms with E-state index in [1.54, 1.807) is 24.3 Å². The summed E-state index contributed by atoms with van der Waals surface area (Å²) in [5.41, 5.74) is 1.21. The van der Waals surface area contributed by atoms with E-state index in [4.69, 9.17) is 21.1 Å². The van der Waals surface area contributed by atoms with Gasteiger partial charge in [-0.25, -0.2) is 0 Å². The summed E-state index contributed by atoms with van der Waals surface area (Å²) in [4.78, 5) is 39.1. The van der Waals surface area contributed by atoms with Gasteiger partial charge in [-0.15, -0.1) is 24.8 Å². The number of ether oxygens (including phenoxy) is 2. The van der Waals surface area contributed by atoms with Crippen molar-refractivity contribution in [3.05, 3.63) is 77.9 Å². The minimum Gasteiger partial charge on any atom is -0.493 e. The first-order valence-electron chi connectivity index (χ1n) is 11.8. The van der Waals surface area contributed by atoms with Gasteiger partial charge in [-0.3, -0.25) is 14.4 Å². The van der Waals surface area contributed by atoms with E-state index in [0.29, 0.717) is 24.7 Å². The van der Waals surface area contributed by atoms with Crippen LogP contribution < -0.4 is 14.8 Å². The Labute approximate surface area is 211 Å². The highest BCUT2D eigenvalue weighted by Crippen LogP contribution is 2.39. The zero-order valence-electron chi connectivity index (χ0n) is 19.7. The number of hydrogen-bond acceptors (Lipinski definition) is 5. The maximum atomic E-state index is 13.7. The van der Waals surface area contributed by atoms with Gasteiger partial charge in [0.1, 0.15) is 17.4 Å². The number of halogens is 1. The monoisotopic (exact) mass is 495 g/mol. The van der Waals surface area contributed by atoms with Crippen molar-refractivity contribution in [2.75, 3.05) is 24.4 Å². The molecule has 35 heavy (non-hydrogen) atoms. The van der Waals surface area contributed by atoms with Crippen LogP contribution >= 0.6 is 11.6 Å². The Hall–Kier alpha value is -3.38. The highest BCUT2D eigenvalue weighted by Gasteiger charge is 2.35. The SMILES string of the molecule is C=CCCCCOc1cccc2c1C(=O)c1c(OCCCCC=C)cc(NC(=O)CCl)cc1C2=O. The molecular formula is C28H30ClNO5. The number of anilines is 1. The minimum absolute atomic E-state index is 0.179. The van der Waals surface area contributed by atoms with E-state index in [-0.39, 0.29) is 45.4 Å². The molecule has 7 heteroatoms. The average molecular weight is 496 g/mol. The van der Waals surface area contributed by atoms with Gasteiger partial charge in [-0.1, -0.05) is 24.3 Å². The molecule has 2 aromatic rings. The van der Waals surface area contributed by atoms with Crippen molar-refractivity contribution < 1.29 is 23.9 Å². The molecule has 0 heterocycles. The summed E-state index contributed by atoms with van der Waals surface area (Å²) in [6, 6.07) is 8.07. The van der Waals surface area contributed by atoms with Gasteiger partial charge in [0.2, 0.25) is 11.7 Å². The zero-order chi connectivity index (χ0) is 25.2. The normalized spacial score (nSPS) is 11.9. The van der Waals surface area contributed by atoms with E-state index in [1.165, 1.54) is 6.07 Å². The molecular weight excluding hydrogens is 466 g/mol. The van der Waals surface area contributed by atoms with Crippen LogP contribution in [0.1, 0.15) is 70.4 Å². The van der Waals surface area contributed by atoms with Crippen LogP contribution in [0, 0.1) is 0 Å². The largest absolute Gasteiger partial charge is 0.493 e. The first-order chi connectivity index (χ1) is 17.0. The van der Waals surface area contributed by atoms with Crippen LogP contribution in [0.15, 0.2) is 55.6 Å². The van der Waals surface area contributed by atoms with Crippen LogP contribution in [-0.4, -0.2) is 36.6 Å². The van der Waals surface area contributed by atoms with E-state index in [2.05, 4.69) is 18.5 Å². The number of carbonyl (C=O) groups is 3. The maximum absolute atomic E-state index is 13.7. The smallest absolute Gasteiger partial charge is 0.239 e. The van der Waals surface area contributed by atoms with Crippen molar-refractivity contribution in [3.63, 3.8) is 0 Å². The van der Waals surface area contributed by atoms with E-state index >= 15 is 0 Å². The van der Waals surface area contributed by atoms with Crippen molar-refractivity contribution in [3.8, 4) is 11.5 Å². The maximum Gasteiger partial charge on any atom is 0.239 e. The Kier molecular flexibility index (Phi) is 9.67. The molecule has 1 aliphatic carbocycles. The van der Waals surface area contributed by atoms with Gasteiger partial charge in [-0.05, 0) is 50.7 Å². The number of amides is 1. The van der Waals surface area contributed by atoms with E-state index in [9.17, 15) is 14.4 Å². The number of fused-ring (bicyclic) bond motifs is 2. The van der Waals surface area contributed by atoms with Crippen molar-refractivity contribution in [1.29, 1.82) is 0 Å². The van der Waals surface area contributed by atoms with Crippen molar-refractivity contribution in [1.82, 2.24) is 0 Å². The van der Waals surface area contributed by atoms with E-state index in [1.807, 2.05) is 12.2 Å². The standard InChI is InChI=1S/C28H30ClNO5/c1-3-5-7-9-14-34-22-13-11-12-20-25(22)28(33)26-21(27(20)32)16-19(30-24(31)18-29)17-23(26)35-15-10-8-6-4-2/h3-4,11-13,16-17H,1-2,5-10,14-15,18H2,(H,30,31). The van der Waals surface area contributed by atoms with Gasteiger partial charge in [0.25, 0.3) is 0 Å². The van der Waals surface area contributed by atoms with Crippen LogP contribution in [0.3, 0.4) is 0 Å². The lowest BCUT2D eigenvalue weighted by molar-refractivity contribution is -0.113. The zero-order valence-corrected chi connectivity index (χ0v) is 20.5. The number of alkyl halides is 1. The fourth-order valence-electron chi connectivity index (χ4n) is 3.90. The Bertz CT molecular complexity index is 1120. The van der Waals surface area contributed by atoms with Gasteiger partial charge in [0.15, 0.2) is 5.78 Å². The number of nitrogens with one attached hydrogen (secondary N) is 1. The lowest BCUT2D eigenvalue weighted by atomic mass is 9.82. The molecule has 6 nitrogen and oxygen atoms in total. The van der Waals surface area contributed by atoms with Crippen molar-refractivity contribution in [2.45, 2.75) is 38.5 Å². The summed E-state index contributed by atoms with van der Waals surface area (Å²) in [6.45, 7) is 8.21. The summed E-state index contributed by atoms with van der Waals surface area (Å²) < 4.78 is 11.9. The van der Waals surface area contributed by atoms with Crippen LogP contribution in [0.5, 0.6) is 11.5 Å². The molecule has 0 aliphatic heterocycles. The summed E-state index contributed by atoms with van der Waals surface area (Å²) in [5.74, 6) is -0.710. The second-order valence-electron chi connectivity index (χ2n) is 8.18. The molecule has 0 spiro atoms. The second kappa shape index (κ2) is 12.9. The molecule has 0 atom stereocenters. The molecule has 1 amide bonds. The number of rotatable bonds is 14. The first-order valence-corrected chi connectivity index (χ1v) is 12.3. The van der Waals surface area contributed by atoms with Crippen LogP contribution in [0.2, 0.25) is 0 Å². The molecule has 0 saturated heterocycles. The summed E-state index contributed by atoms with van der Waals surface area (Å²) in [5, 5.41) is 2.65. The van der Waals surface area contributed by atoms with Gasteiger partial charge < -0.3 is 14.8 Å². The predicted molar refractivity (Wildman–Crippen MR) is 138 cm³/mol. The average Bonchev–Trinajstić information content (AvgIpc) is 2.86. The highest BCUT2D eigenvalue weighted by molar-refractivity contribution is 6.31. The fraction of sp³-hybridized carbons (Fsp3) is 0.321. The molecule has 0 radical (unpaired) electrons. The number of carbonyl (C=O) groups excluding carboxylic acids is 3. The molecule has 3 rings (SSSR count). The Morgan fingerprint density at radius 1 is 0.857 bits per heavy atom. The summed E-state index contributed by atoms with van der Waals surface area (Å²) >= 11 is 5.63. The molecule has 184 valence electrons. The third kappa shape index (κ3) is 6.40. The number of ketones is 2. The van der Waals surface area contributed by atoms with Gasteiger partial charge in [0, 0.05) is 22.9 Å². The third-order valence-electron chi connectivity index (χ3n) is 5.60. The van der Waals surface area contributed by atoms with Crippen LogP contribution in [0.4, 0.5) is 5.69 Å². The Morgan fingerprint density at radius 2 is 1.49 bits per heavy atom. The minimum atomic E-state index is -0.425. The Balaban J connectivity index is 1.96. The molecule has 0 saturated carbocycles. The molecule has 0 unspecified atom stereocenters. The number of allylic oxidation sites excluding steroid dienone is 2. The first kappa shape index (κ1) is 26.2. The Morgan fingerprint density at radius 3 is 2.11 bits per heavy atom. The molecule has 1 aliphatic rings. The lowest BCUT2D eigenvalue weighted by Gasteiger charge is -2.23. The third-order valence-corrected chi connectivity index (χ3v) is 5.84.